The van der Waals surface area contributed by atoms with Crippen LogP contribution in [0.2, 0.25) is 0 Å². The van der Waals surface area contributed by atoms with Gasteiger partial charge in [0.1, 0.15) is 0 Å². The minimum Gasteiger partial charge on any atom is -0.298 e. The fraction of sp³-hybridized carbons (Fsp3) is 0.571. The summed E-state index contributed by atoms with van der Waals surface area (Å²) in [6.07, 6.45) is 2.14. The van der Waals surface area contributed by atoms with Gasteiger partial charge >= 0.3 is 0 Å². The summed E-state index contributed by atoms with van der Waals surface area (Å²) < 4.78 is 0. The van der Waals surface area contributed by atoms with Gasteiger partial charge in [0.15, 0.2) is 0 Å². The van der Waals surface area contributed by atoms with E-state index in [0.717, 1.165) is 18.4 Å². The van der Waals surface area contributed by atoms with Crippen molar-refractivity contribution in [2.75, 3.05) is 19.3 Å². The standard InChI is InChI=1S/C14H21NS/c1-11(2)13-9-15(10-13)8-12-5-4-6-14(7-12)16-3/h4-7,11,13H,8-10H2,1-3H3. The van der Waals surface area contributed by atoms with Crippen LogP contribution in [-0.2, 0) is 6.54 Å². The summed E-state index contributed by atoms with van der Waals surface area (Å²) in [7, 11) is 0. The van der Waals surface area contributed by atoms with Gasteiger partial charge < -0.3 is 0 Å². The predicted molar refractivity (Wildman–Crippen MR) is 71.8 cm³/mol. The Bertz CT molecular complexity index is 342. The first-order valence-corrected chi connectivity index (χ1v) is 7.27. The third-order valence-corrected chi connectivity index (χ3v) is 4.19. The van der Waals surface area contributed by atoms with E-state index in [1.54, 1.807) is 0 Å². The van der Waals surface area contributed by atoms with Crippen LogP contribution in [0.1, 0.15) is 19.4 Å². The molecule has 0 spiro atoms. The highest BCUT2D eigenvalue weighted by atomic mass is 32.2. The molecule has 1 fully saturated rings. The molecule has 88 valence electrons. The van der Waals surface area contributed by atoms with Gasteiger partial charge in [0, 0.05) is 24.5 Å². The second-order valence-electron chi connectivity index (χ2n) is 5.05. The Hall–Kier alpha value is -0.470. The molecule has 0 bridgehead atoms. The largest absolute Gasteiger partial charge is 0.298 e. The molecule has 0 aliphatic carbocycles. The van der Waals surface area contributed by atoms with Gasteiger partial charge in [-0.05, 0) is 35.8 Å². The second-order valence-corrected chi connectivity index (χ2v) is 5.93. The third kappa shape index (κ3) is 2.80. The van der Waals surface area contributed by atoms with Crippen molar-refractivity contribution < 1.29 is 0 Å². The van der Waals surface area contributed by atoms with E-state index < -0.39 is 0 Å². The summed E-state index contributed by atoms with van der Waals surface area (Å²) in [6.45, 7) is 8.34. The van der Waals surface area contributed by atoms with E-state index >= 15 is 0 Å². The van der Waals surface area contributed by atoms with Crippen LogP contribution in [0.3, 0.4) is 0 Å². The first-order chi connectivity index (χ1) is 7.69. The highest BCUT2D eigenvalue weighted by molar-refractivity contribution is 7.98. The molecule has 2 heteroatoms. The van der Waals surface area contributed by atoms with E-state index in [1.807, 2.05) is 11.8 Å². The van der Waals surface area contributed by atoms with E-state index in [2.05, 4.69) is 49.3 Å². The molecule has 0 amide bonds. The number of hydrogen-bond acceptors (Lipinski definition) is 2. The van der Waals surface area contributed by atoms with Crippen LogP contribution in [0.5, 0.6) is 0 Å². The average Bonchev–Trinajstić information content (AvgIpc) is 2.22. The van der Waals surface area contributed by atoms with Crippen LogP contribution in [0, 0.1) is 11.8 Å². The molecular weight excluding hydrogens is 214 g/mol. The summed E-state index contributed by atoms with van der Waals surface area (Å²) in [5, 5.41) is 0. The molecule has 1 aromatic rings. The first kappa shape index (κ1) is 12.0. The fourth-order valence-electron chi connectivity index (χ4n) is 2.19. The summed E-state index contributed by atoms with van der Waals surface area (Å²) in [6, 6.07) is 8.90. The zero-order valence-corrected chi connectivity index (χ0v) is 11.3. The van der Waals surface area contributed by atoms with Gasteiger partial charge in [0.25, 0.3) is 0 Å². The van der Waals surface area contributed by atoms with Crippen LogP contribution >= 0.6 is 11.8 Å². The van der Waals surface area contributed by atoms with Gasteiger partial charge in [-0.3, -0.25) is 4.90 Å². The van der Waals surface area contributed by atoms with Crippen molar-refractivity contribution in [3.05, 3.63) is 29.8 Å². The summed E-state index contributed by atoms with van der Waals surface area (Å²) >= 11 is 1.82. The quantitative estimate of drug-likeness (QED) is 0.735. The Labute approximate surface area is 103 Å². The van der Waals surface area contributed by atoms with E-state index in [4.69, 9.17) is 0 Å². The normalized spacial score (nSPS) is 17.8. The van der Waals surface area contributed by atoms with Crippen molar-refractivity contribution in [2.45, 2.75) is 25.3 Å². The Morgan fingerprint density at radius 3 is 2.75 bits per heavy atom. The van der Waals surface area contributed by atoms with Crippen molar-refractivity contribution in [1.29, 1.82) is 0 Å². The van der Waals surface area contributed by atoms with E-state index in [0.29, 0.717) is 0 Å². The topological polar surface area (TPSA) is 3.24 Å². The Kier molecular flexibility index (Phi) is 3.93. The molecule has 0 aromatic heterocycles. The molecular formula is C14H21NS. The van der Waals surface area contributed by atoms with E-state index in [-0.39, 0.29) is 0 Å². The lowest BCUT2D eigenvalue weighted by atomic mass is 9.88. The number of benzene rings is 1. The molecule has 0 radical (unpaired) electrons. The molecule has 0 unspecified atom stereocenters. The van der Waals surface area contributed by atoms with Crippen LogP contribution in [0.15, 0.2) is 29.2 Å². The van der Waals surface area contributed by atoms with Crippen molar-refractivity contribution >= 4 is 11.8 Å². The monoisotopic (exact) mass is 235 g/mol. The maximum atomic E-state index is 2.55. The number of nitrogens with zero attached hydrogens (tertiary/aromatic N) is 1. The smallest absolute Gasteiger partial charge is 0.0234 e. The number of thioether (sulfide) groups is 1. The molecule has 1 heterocycles. The van der Waals surface area contributed by atoms with Gasteiger partial charge in [0.2, 0.25) is 0 Å². The maximum Gasteiger partial charge on any atom is 0.0234 e. The summed E-state index contributed by atoms with van der Waals surface area (Å²) in [5.74, 6) is 1.76. The fourth-order valence-corrected chi connectivity index (χ4v) is 2.67. The predicted octanol–water partition coefficient (Wildman–Crippen LogP) is 3.50. The second kappa shape index (κ2) is 5.24. The van der Waals surface area contributed by atoms with Crippen LogP contribution < -0.4 is 0 Å². The maximum absolute atomic E-state index is 2.55. The number of rotatable bonds is 4. The summed E-state index contributed by atoms with van der Waals surface area (Å²) in [5.41, 5.74) is 1.45. The van der Waals surface area contributed by atoms with Crippen molar-refractivity contribution in [3.63, 3.8) is 0 Å². The van der Waals surface area contributed by atoms with Crippen molar-refractivity contribution in [1.82, 2.24) is 4.90 Å². The molecule has 1 saturated heterocycles. The lowest BCUT2D eigenvalue weighted by molar-refractivity contribution is 0.0614. The van der Waals surface area contributed by atoms with Gasteiger partial charge in [-0.25, -0.2) is 0 Å². The zero-order valence-electron chi connectivity index (χ0n) is 10.4. The lowest BCUT2D eigenvalue weighted by Gasteiger charge is -2.41. The van der Waals surface area contributed by atoms with Gasteiger partial charge in [-0.2, -0.15) is 0 Å². The average molecular weight is 235 g/mol. The molecule has 1 aliphatic rings. The molecule has 0 atom stereocenters. The third-order valence-electron chi connectivity index (χ3n) is 3.47. The minimum atomic E-state index is 0.841. The minimum absolute atomic E-state index is 0.841. The number of hydrogen-bond donors (Lipinski definition) is 0. The molecule has 0 saturated carbocycles. The van der Waals surface area contributed by atoms with Crippen LogP contribution in [0.4, 0.5) is 0 Å². The van der Waals surface area contributed by atoms with E-state index in [9.17, 15) is 0 Å². The van der Waals surface area contributed by atoms with Crippen LogP contribution in [-0.4, -0.2) is 24.2 Å². The Balaban J connectivity index is 1.86. The zero-order chi connectivity index (χ0) is 11.5. The Morgan fingerprint density at radius 2 is 2.12 bits per heavy atom. The van der Waals surface area contributed by atoms with Gasteiger partial charge in [-0.1, -0.05) is 26.0 Å². The molecule has 1 nitrogen and oxygen atoms in total. The number of likely N-dealkylation sites (tertiary alicyclic amines) is 1. The lowest BCUT2D eigenvalue weighted by Crippen LogP contribution is -2.48. The van der Waals surface area contributed by atoms with Gasteiger partial charge in [-0.15, -0.1) is 11.8 Å². The summed E-state index contributed by atoms with van der Waals surface area (Å²) in [4.78, 5) is 3.92. The Morgan fingerprint density at radius 1 is 1.38 bits per heavy atom. The molecule has 1 aliphatic heterocycles. The van der Waals surface area contributed by atoms with Gasteiger partial charge in [0.05, 0.1) is 0 Å². The molecule has 2 rings (SSSR count). The van der Waals surface area contributed by atoms with Crippen molar-refractivity contribution in [2.24, 2.45) is 11.8 Å². The molecule has 1 aromatic carbocycles. The highest BCUT2D eigenvalue weighted by Crippen LogP contribution is 2.25. The first-order valence-electron chi connectivity index (χ1n) is 6.04. The van der Waals surface area contributed by atoms with E-state index in [1.165, 1.54) is 23.5 Å². The highest BCUT2D eigenvalue weighted by Gasteiger charge is 2.28. The molecule has 0 N–H and O–H groups in total. The SMILES string of the molecule is CSc1cccc(CN2CC(C(C)C)C2)c1. The van der Waals surface area contributed by atoms with Crippen LogP contribution in [0.25, 0.3) is 0 Å². The van der Waals surface area contributed by atoms with Crippen molar-refractivity contribution in [3.8, 4) is 0 Å². The molecule has 16 heavy (non-hydrogen) atoms.